The van der Waals surface area contributed by atoms with Gasteiger partial charge in [0.25, 0.3) is 0 Å². The first kappa shape index (κ1) is 20.7. The molecule has 0 saturated heterocycles. The van der Waals surface area contributed by atoms with Gasteiger partial charge in [-0.1, -0.05) is 52.0 Å². The third-order valence-electron chi connectivity index (χ3n) is 4.38. The molecule has 3 atom stereocenters. The average molecular weight is 334 g/mol. The molecule has 0 radical (unpaired) electrons. The van der Waals surface area contributed by atoms with Gasteiger partial charge < -0.3 is 9.84 Å². The molecule has 136 valence electrons. The van der Waals surface area contributed by atoms with Crippen LogP contribution in [-0.4, -0.2) is 16.7 Å². The Labute approximate surface area is 147 Å². The lowest BCUT2D eigenvalue weighted by Crippen LogP contribution is -2.28. The topological polar surface area (TPSA) is 46.5 Å². The number of ether oxygens (including phenoxy) is 1. The molecule has 1 N–H and O–H groups in total. The van der Waals surface area contributed by atoms with Crippen molar-refractivity contribution in [2.75, 3.05) is 0 Å². The predicted octanol–water partition coefficient (Wildman–Crippen LogP) is 5.24. The van der Waals surface area contributed by atoms with Crippen molar-refractivity contribution in [3.8, 4) is 0 Å². The van der Waals surface area contributed by atoms with Gasteiger partial charge in [-0.25, -0.2) is 0 Å². The maximum atomic E-state index is 12.0. The third kappa shape index (κ3) is 6.27. The Morgan fingerprint density at radius 1 is 1.08 bits per heavy atom. The Balaban J connectivity index is 2.71. The molecule has 3 unspecified atom stereocenters. The zero-order chi connectivity index (χ0) is 18.5. The van der Waals surface area contributed by atoms with Crippen LogP contribution in [0.5, 0.6) is 0 Å². The number of aliphatic hydroxyl groups excluding tert-OH is 1. The van der Waals surface area contributed by atoms with Gasteiger partial charge in [-0.3, -0.25) is 4.79 Å². The second kappa shape index (κ2) is 8.66. The third-order valence-corrected chi connectivity index (χ3v) is 4.38. The lowest BCUT2D eigenvalue weighted by Gasteiger charge is -2.24. The number of hydrogen-bond acceptors (Lipinski definition) is 3. The van der Waals surface area contributed by atoms with E-state index in [1.165, 1.54) is 5.56 Å². The summed E-state index contributed by atoms with van der Waals surface area (Å²) >= 11 is 0. The maximum absolute atomic E-state index is 12.0. The van der Waals surface area contributed by atoms with Crippen LogP contribution in [0, 0.1) is 11.8 Å². The summed E-state index contributed by atoms with van der Waals surface area (Å²) in [4.78, 5) is 12.0. The fourth-order valence-corrected chi connectivity index (χ4v) is 3.03. The van der Waals surface area contributed by atoms with E-state index >= 15 is 0 Å². The quantitative estimate of drug-likeness (QED) is 0.694. The molecule has 0 aliphatic carbocycles. The van der Waals surface area contributed by atoms with Crippen molar-refractivity contribution >= 4 is 5.97 Å². The van der Waals surface area contributed by atoms with Crippen molar-refractivity contribution < 1.29 is 14.6 Å². The van der Waals surface area contributed by atoms with E-state index in [0.717, 1.165) is 12.0 Å². The number of aliphatic hydroxyl groups is 1. The van der Waals surface area contributed by atoms with E-state index in [1.54, 1.807) is 6.92 Å². The van der Waals surface area contributed by atoms with E-state index in [-0.39, 0.29) is 11.9 Å². The highest BCUT2D eigenvalue weighted by Crippen LogP contribution is 2.30. The van der Waals surface area contributed by atoms with Gasteiger partial charge in [-0.2, -0.15) is 0 Å². The predicted molar refractivity (Wildman–Crippen MR) is 98.9 cm³/mol. The van der Waals surface area contributed by atoms with Gasteiger partial charge in [0.15, 0.2) is 0 Å². The Kier molecular flexibility index (Phi) is 7.47. The number of esters is 1. The fraction of sp³-hybridized carbons (Fsp3) is 0.667. The van der Waals surface area contributed by atoms with Crippen LogP contribution < -0.4 is 0 Å². The van der Waals surface area contributed by atoms with Crippen LogP contribution in [0.2, 0.25) is 0 Å². The van der Waals surface area contributed by atoms with Crippen LogP contribution in [0.15, 0.2) is 24.3 Å². The molecular formula is C21H34O3. The van der Waals surface area contributed by atoms with Crippen molar-refractivity contribution in [3.63, 3.8) is 0 Å². The normalized spacial score (nSPS) is 15.9. The highest BCUT2D eigenvalue weighted by Gasteiger charge is 2.24. The zero-order valence-corrected chi connectivity index (χ0v) is 16.3. The lowest BCUT2D eigenvalue weighted by atomic mass is 9.85. The Morgan fingerprint density at radius 3 is 2.00 bits per heavy atom. The molecule has 3 nitrogen and oxygen atoms in total. The summed E-state index contributed by atoms with van der Waals surface area (Å²) in [6.45, 7) is 14.0. The van der Waals surface area contributed by atoms with Crippen LogP contribution in [-0.2, 0) is 9.53 Å². The van der Waals surface area contributed by atoms with E-state index < -0.39 is 11.7 Å². The van der Waals surface area contributed by atoms with Gasteiger partial charge in [0.2, 0.25) is 0 Å². The molecular weight excluding hydrogens is 300 g/mol. The number of benzene rings is 1. The molecule has 0 heterocycles. The van der Waals surface area contributed by atoms with Crippen molar-refractivity contribution in [1.29, 1.82) is 0 Å². The number of rotatable bonds is 7. The first-order valence-electron chi connectivity index (χ1n) is 9.06. The summed E-state index contributed by atoms with van der Waals surface area (Å²) in [5, 5.41) is 10.4. The Hall–Kier alpha value is -1.35. The molecule has 1 aromatic rings. The summed E-state index contributed by atoms with van der Waals surface area (Å²) in [5.74, 6) is 0.539. The highest BCUT2D eigenvalue weighted by molar-refractivity contribution is 5.72. The van der Waals surface area contributed by atoms with Gasteiger partial charge >= 0.3 is 5.97 Å². The highest BCUT2D eigenvalue weighted by atomic mass is 16.6. The van der Waals surface area contributed by atoms with E-state index in [1.807, 2.05) is 32.9 Å². The van der Waals surface area contributed by atoms with Crippen LogP contribution in [0.25, 0.3) is 0 Å². The molecule has 1 aromatic carbocycles. The van der Waals surface area contributed by atoms with E-state index in [2.05, 4.69) is 32.9 Å². The van der Waals surface area contributed by atoms with Gasteiger partial charge in [-0.05, 0) is 56.6 Å². The molecule has 0 spiro atoms. The minimum absolute atomic E-state index is 0.260. The monoisotopic (exact) mass is 334 g/mol. The molecule has 0 saturated carbocycles. The minimum atomic E-state index is -0.652. The van der Waals surface area contributed by atoms with Gasteiger partial charge in [0.1, 0.15) is 5.60 Å². The average Bonchev–Trinajstić information content (AvgIpc) is 2.46. The van der Waals surface area contributed by atoms with Crippen molar-refractivity contribution in [3.05, 3.63) is 35.4 Å². The fourth-order valence-electron chi connectivity index (χ4n) is 3.03. The summed E-state index contributed by atoms with van der Waals surface area (Å²) in [5.41, 5.74) is 1.67. The summed E-state index contributed by atoms with van der Waals surface area (Å²) in [7, 11) is 0. The Morgan fingerprint density at radius 2 is 1.58 bits per heavy atom. The number of carbonyl (C=O) groups is 1. The molecule has 1 rings (SSSR count). The van der Waals surface area contributed by atoms with Gasteiger partial charge in [0.05, 0.1) is 12.0 Å². The summed E-state index contributed by atoms with van der Waals surface area (Å²) in [6, 6.07) is 8.16. The molecule has 0 amide bonds. The van der Waals surface area contributed by atoms with Crippen molar-refractivity contribution in [2.24, 2.45) is 11.8 Å². The van der Waals surface area contributed by atoms with Crippen LogP contribution in [0.1, 0.15) is 84.5 Å². The SMILES string of the molecule is CCC(c1ccc(C(O)CC(C)C(=O)OC(C)(C)C)cc1)C(C)C. The summed E-state index contributed by atoms with van der Waals surface area (Å²) < 4.78 is 5.38. The van der Waals surface area contributed by atoms with Crippen LogP contribution >= 0.6 is 0 Å². The second-order valence-electron chi connectivity index (χ2n) is 8.11. The lowest BCUT2D eigenvalue weighted by molar-refractivity contribution is -0.160. The van der Waals surface area contributed by atoms with Crippen molar-refractivity contribution in [1.82, 2.24) is 0 Å². The molecule has 0 aliphatic heterocycles. The van der Waals surface area contributed by atoms with E-state index in [9.17, 15) is 9.90 Å². The molecule has 0 bridgehead atoms. The van der Waals surface area contributed by atoms with Crippen molar-refractivity contribution in [2.45, 2.75) is 78.9 Å². The molecule has 0 fully saturated rings. The molecule has 3 heteroatoms. The standard InChI is InChI=1S/C21H34O3/c1-8-18(14(2)3)16-9-11-17(12-10-16)19(22)13-15(4)20(23)24-21(5,6)7/h9-12,14-15,18-19,22H,8,13H2,1-7H3. The smallest absolute Gasteiger partial charge is 0.309 e. The largest absolute Gasteiger partial charge is 0.460 e. The molecule has 24 heavy (non-hydrogen) atoms. The maximum Gasteiger partial charge on any atom is 0.309 e. The second-order valence-corrected chi connectivity index (χ2v) is 8.11. The van der Waals surface area contributed by atoms with E-state index in [0.29, 0.717) is 18.3 Å². The van der Waals surface area contributed by atoms with E-state index in [4.69, 9.17) is 4.74 Å². The first-order chi connectivity index (χ1) is 11.0. The number of hydrogen-bond donors (Lipinski definition) is 1. The molecule has 0 aromatic heterocycles. The Bertz CT molecular complexity index is 511. The first-order valence-corrected chi connectivity index (χ1v) is 9.06. The minimum Gasteiger partial charge on any atom is -0.460 e. The molecule has 0 aliphatic rings. The van der Waals surface area contributed by atoms with Crippen LogP contribution in [0.4, 0.5) is 0 Å². The summed E-state index contributed by atoms with van der Waals surface area (Å²) in [6.07, 6.45) is 0.825. The van der Waals surface area contributed by atoms with Gasteiger partial charge in [0, 0.05) is 0 Å². The van der Waals surface area contributed by atoms with Crippen LogP contribution in [0.3, 0.4) is 0 Å². The zero-order valence-electron chi connectivity index (χ0n) is 16.3. The number of carbonyl (C=O) groups excluding carboxylic acids is 1. The van der Waals surface area contributed by atoms with Gasteiger partial charge in [-0.15, -0.1) is 0 Å².